The number of rotatable bonds is 3. The van der Waals surface area contributed by atoms with Crippen molar-refractivity contribution in [1.29, 1.82) is 0 Å². The van der Waals surface area contributed by atoms with Crippen LogP contribution in [0.3, 0.4) is 0 Å². The van der Waals surface area contributed by atoms with Crippen LogP contribution in [-0.4, -0.2) is 44.1 Å². The van der Waals surface area contributed by atoms with Gasteiger partial charge in [-0.25, -0.2) is 21.9 Å². The van der Waals surface area contributed by atoms with E-state index in [1.165, 1.54) is 22.5 Å². The van der Waals surface area contributed by atoms with E-state index in [1.54, 1.807) is 6.92 Å². The standard InChI is InChI=1S/C14H20FN3O3S/c1-10-8-11(15)5-6-13(10)17-14(19)16-12-4-3-7-18(9-12)22(2,20)21/h5-6,8,12H,3-4,7,9H2,1-2H3,(H2,16,17,19). The van der Waals surface area contributed by atoms with E-state index in [1.807, 2.05) is 0 Å². The van der Waals surface area contributed by atoms with Crippen molar-refractivity contribution >= 4 is 21.7 Å². The number of piperidine rings is 1. The molecule has 2 rings (SSSR count). The van der Waals surface area contributed by atoms with Gasteiger partial charge >= 0.3 is 6.03 Å². The number of urea groups is 1. The third-order valence-corrected chi connectivity index (χ3v) is 4.89. The second-order valence-electron chi connectivity index (χ2n) is 5.52. The zero-order valence-electron chi connectivity index (χ0n) is 12.6. The minimum atomic E-state index is -3.24. The van der Waals surface area contributed by atoms with Gasteiger partial charge in [0.1, 0.15) is 5.82 Å². The van der Waals surface area contributed by atoms with Crippen LogP contribution in [0.5, 0.6) is 0 Å². The lowest BCUT2D eigenvalue weighted by molar-refractivity contribution is 0.236. The van der Waals surface area contributed by atoms with E-state index >= 15 is 0 Å². The van der Waals surface area contributed by atoms with E-state index in [-0.39, 0.29) is 18.4 Å². The van der Waals surface area contributed by atoms with Gasteiger partial charge in [0, 0.05) is 24.8 Å². The maximum absolute atomic E-state index is 13.0. The van der Waals surface area contributed by atoms with Crippen molar-refractivity contribution in [2.45, 2.75) is 25.8 Å². The summed E-state index contributed by atoms with van der Waals surface area (Å²) in [6.45, 7) is 2.45. The van der Waals surface area contributed by atoms with Crippen molar-refractivity contribution in [3.05, 3.63) is 29.6 Å². The highest BCUT2D eigenvalue weighted by atomic mass is 32.2. The summed E-state index contributed by atoms with van der Waals surface area (Å²) in [5.41, 5.74) is 1.14. The number of nitrogens with zero attached hydrogens (tertiary/aromatic N) is 1. The van der Waals surface area contributed by atoms with E-state index in [2.05, 4.69) is 10.6 Å². The number of sulfonamides is 1. The molecule has 22 heavy (non-hydrogen) atoms. The molecule has 1 saturated heterocycles. The molecule has 1 heterocycles. The van der Waals surface area contributed by atoms with Gasteiger partial charge in [-0.2, -0.15) is 0 Å². The number of hydrogen-bond donors (Lipinski definition) is 2. The summed E-state index contributed by atoms with van der Waals surface area (Å²) in [5.74, 6) is -0.362. The summed E-state index contributed by atoms with van der Waals surface area (Å²) < 4.78 is 37.5. The number of carbonyl (C=O) groups is 1. The highest BCUT2D eigenvalue weighted by Crippen LogP contribution is 2.16. The van der Waals surface area contributed by atoms with E-state index in [0.717, 1.165) is 12.7 Å². The molecule has 1 fully saturated rings. The maximum Gasteiger partial charge on any atom is 0.319 e. The van der Waals surface area contributed by atoms with Gasteiger partial charge in [-0.15, -0.1) is 0 Å². The molecule has 2 amide bonds. The van der Waals surface area contributed by atoms with Crippen molar-refractivity contribution in [2.75, 3.05) is 24.7 Å². The predicted molar refractivity (Wildman–Crippen MR) is 82.7 cm³/mol. The summed E-state index contributed by atoms with van der Waals surface area (Å²) in [4.78, 5) is 12.0. The minimum Gasteiger partial charge on any atom is -0.334 e. The van der Waals surface area contributed by atoms with Crippen LogP contribution in [0.1, 0.15) is 18.4 Å². The number of halogens is 1. The van der Waals surface area contributed by atoms with Gasteiger partial charge in [-0.05, 0) is 43.5 Å². The Balaban J connectivity index is 1.94. The molecule has 2 N–H and O–H groups in total. The Labute approximate surface area is 129 Å². The Morgan fingerprint density at radius 2 is 2.14 bits per heavy atom. The molecule has 1 aromatic carbocycles. The smallest absolute Gasteiger partial charge is 0.319 e. The van der Waals surface area contributed by atoms with E-state index < -0.39 is 16.1 Å². The summed E-state index contributed by atoms with van der Waals surface area (Å²) in [6.07, 6.45) is 2.59. The fourth-order valence-corrected chi connectivity index (χ4v) is 3.38. The minimum absolute atomic E-state index is 0.232. The second-order valence-corrected chi connectivity index (χ2v) is 7.50. The zero-order chi connectivity index (χ0) is 16.3. The molecule has 0 bridgehead atoms. The molecular weight excluding hydrogens is 309 g/mol. The molecule has 6 nitrogen and oxygen atoms in total. The predicted octanol–water partition coefficient (Wildman–Crippen LogP) is 1.68. The molecule has 1 atom stereocenters. The molecule has 0 saturated carbocycles. The first-order valence-electron chi connectivity index (χ1n) is 7.04. The monoisotopic (exact) mass is 329 g/mol. The fraction of sp³-hybridized carbons (Fsp3) is 0.500. The van der Waals surface area contributed by atoms with Crippen LogP contribution in [0, 0.1) is 12.7 Å². The Kier molecular flexibility index (Phi) is 5.02. The van der Waals surface area contributed by atoms with Gasteiger partial charge in [-0.1, -0.05) is 0 Å². The number of aryl methyl sites for hydroxylation is 1. The van der Waals surface area contributed by atoms with E-state index in [4.69, 9.17) is 0 Å². The number of nitrogens with one attached hydrogen (secondary N) is 2. The summed E-state index contributed by atoms with van der Waals surface area (Å²) in [5, 5.41) is 5.41. The molecule has 1 aliphatic heterocycles. The first-order chi connectivity index (χ1) is 10.3. The Hall–Kier alpha value is -1.67. The van der Waals surface area contributed by atoms with Crippen molar-refractivity contribution < 1.29 is 17.6 Å². The van der Waals surface area contributed by atoms with Crippen LogP contribution >= 0.6 is 0 Å². The summed E-state index contributed by atoms with van der Waals surface area (Å²) in [6, 6.07) is 3.45. The van der Waals surface area contributed by atoms with E-state index in [0.29, 0.717) is 24.2 Å². The van der Waals surface area contributed by atoms with Gasteiger partial charge in [0.2, 0.25) is 10.0 Å². The van der Waals surface area contributed by atoms with Gasteiger partial charge < -0.3 is 10.6 Å². The molecule has 0 aliphatic carbocycles. The quantitative estimate of drug-likeness (QED) is 0.885. The molecule has 1 aliphatic rings. The number of hydrogen-bond acceptors (Lipinski definition) is 3. The molecule has 0 spiro atoms. The Bertz CT molecular complexity index is 663. The highest BCUT2D eigenvalue weighted by molar-refractivity contribution is 7.88. The van der Waals surface area contributed by atoms with Crippen molar-refractivity contribution in [1.82, 2.24) is 9.62 Å². The average molecular weight is 329 g/mol. The molecule has 1 unspecified atom stereocenters. The molecule has 1 aromatic rings. The molecule has 8 heteroatoms. The summed E-state index contributed by atoms with van der Waals surface area (Å²) >= 11 is 0. The van der Waals surface area contributed by atoms with E-state index in [9.17, 15) is 17.6 Å². The highest BCUT2D eigenvalue weighted by Gasteiger charge is 2.26. The van der Waals surface area contributed by atoms with Crippen LogP contribution < -0.4 is 10.6 Å². The molecule has 0 aromatic heterocycles. The first-order valence-corrected chi connectivity index (χ1v) is 8.89. The Morgan fingerprint density at radius 3 is 2.77 bits per heavy atom. The SMILES string of the molecule is Cc1cc(F)ccc1NC(=O)NC1CCCN(S(C)(=O)=O)C1. The number of benzene rings is 1. The second kappa shape index (κ2) is 6.62. The lowest BCUT2D eigenvalue weighted by Crippen LogP contribution is -2.50. The van der Waals surface area contributed by atoms with Crippen molar-refractivity contribution in [2.24, 2.45) is 0 Å². The number of anilines is 1. The topological polar surface area (TPSA) is 78.5 Å². The van der Waals surface area contributed by atoms with Crippen LogP contribution in [-0.2, 0) is 10.0 Å². The molecular formula is C14H20FN3O3S. The number of amides is 2. The van der Waals surface area contributed by atoms with Crippen molar-refractivity contribution in [3.8, 4) is 0 Å². The summed E-state index contributed by atoms with van der Waals surface area (Å²) in [7, 11) is -3.24. The largest absolute Gasteiger partial charge is 0.334 e. The maximum atomic E-state index is 13.0. The normalized spacial score (nSPS) is 19.7. The van der Waals surface area contributed by atoms with Gasteiger partial charge in [0.25, 0.3) is 0 Å². The molecule has 122 valence electrons. The lowest BCUT2D eigenvalue weighted by atomic mass is 10.1. The van der Waals surface area contributed by atoms with Crippen LogP contribution in [0.4, 0.5) is 14.9 Å². The van der Waals surface area contributed by atoms with Crippen molar-refractivity contribution in [3.63, 3.8) is 0 Å². The van der Waals surface area contributed by atoms with Gasteiger partial charge in [0.05, 0.1) is 6.26 Å². The Morgan fingerprint density at radius 1 is 1.41 bits per heavy atom. The fourth-order valence-electron chi connectivity index (χ4n) is 2.47. The third kappa shape index (κ3) is 4.41. The number of carbonyl (C=O) groups excluding carboxylic acids is 1. The van der Waals surface area contributed by atoms with Crippen LogP contribution in [0.25, 0.3) is 0 Å². The van der Waals surface area contributed by atoms with Gasteiger partial charge in [-0.3, -0.25) is 0 Å². The third-order valence-electron chi connectivity index (χ3n) is 3.63. The average Bonchev–Trinajstić information content (AvgIpc) is 2.41. The van der Waals surface area contributed by atoms with Crippen LogP contribution in [0.15, 0.2) is 18.2 Å². The molecule has 0 radical (unpaired) electrons. The zero-order valence-corrected chi connectivity index (χ0v) is 13.4. The lowest BCUT2D eigenvalue weighted by Gasteiger charge is -2.31. The van der Waals surface area contributed by atoms with Crippen LogP contribution in [0.2, 0.25) is 0 Å². The first kappa shape index (κ1) is 16.7. The van der Waals surface area contributed by atoms with Gasteiger partial charge in [0.15, 0.2) is 0 Å².